The van der Waals surface area contributed by atoms with Crippen molar-refractivity contribution in [2.75, 3.05) is 6.61 Å². The number of fused-ring (bicyclic) bond motifs is 1. The highest BCUT2D eigenvalue weighted by molar-refractivity contribution is 6.30. The van der Waals surface area contributed by atoms with Gasteiger partial charge in [0.25, 0.3) is 0 Å². The third-order valence-corrected chi connectivity index (χ3v) is 4.84. The van der Waals surface area contributed by atoms with Crippen molar-refractivity contribution in [3.05, 3.63) is 95.3 Å². The maximum absolute atomic E-state index is 10.6. The molecule has 1 atom stereocenters. The Morgan fingerprint density at radius 1 is 0.929 bits per heavy atom. The molecule has 0 aliphatic carbocycles. The fourth-order valence-electron chi connectivity index (χ4n) is 3.23. The number of aliphatic hydroxyl groups is 1. The first-order valence-corrected chi connectivity index (χ1v) is 9.61. The van der Waals surface area contributed by atoms with Crippen LogP contribution in [0.5, 0.6) is 5.75 Å². The molecule has 0 amide bonds. The van der Waals surface area contributed by atoms with Gasteiger partial charge in [0.2, 0.25) is 0 Å². The van der Waals surface area contributed by atoms with Gasteiger partial charge >= 0.3 is 0 Å². The monoisotopic (exact) mass is 392 g/mol. The third kappa shape index (κ3) is 4.35. The van der Waals surface area contributed by atoms with Gasteiger partial charge in [-0.1, -0.05) is 54.1 Å². The SMILES string of the molecule is OC(COc1ccc(Cl)cc1)Cn1c(Cc2ccccc2)nc2ccccc21. The summed E-state index contributed by atoms with van der Waals surface area (Å²) in [7, 11) is 0. The Hall–Kier alpha value is -2.82. The summed E-state index contributed by atoms with van der Waals surface area (Å²) >= 11 is 5.89. The van der Waals surface area contributed by atoms with E-state index in [0.717, 1.165) is 16.9 Å². The molecule has 4 rings (SSSR count). The van der Waals surface area contributed by atoms with E-state index in [4.69, 9.17) is 21.3 Å². The molecule has 1 unspecified atom stereocenters. The van der Waals surface area contributed by atoms with E-state index in [0.29, 0.717) is 23.7 Å². The Morgan fingerprint density at radius 3 is 2.43 bits per heavy atom. The van der Waals surface area contributed by atoms with E-state index in [9.17, 15) is 5.11 Å². The zero-order chi connectivity index (χ0) is 19.3. The predicted octanol–water partition coefficient (Wildman–Crippen LogP) is 4.72. The van der Waals surface area contributed by atoms with Crippen LogP contribution in [0.25, 0.3) is 11.0 Å². The topological polar surface area (TPSA) is 47.3 Å². The first-order valence-electron chi connectivity index (χ1n) is 9.23. The lowest BCUT2D eigenvalue weighted by molar-refractivity contribution is 0.0928. The third-order valence-electron chi connectivity index (χ3n) is 4.59. The van der Waals surface area contributed by atoms with Crippen LogP contribution < -0.4 is 4.74 Å². The van der Waals surface area contributed by atoms with E-state index in [1.807, 2.05) is 42.5 Å². The zero-order valence-electron chi connectivity index (χ0n) is 15.3. The lowest BCUT2D eigenvalue weighted by Crippen LogP contribution is -2.24. The minimum absolute atomic E-state index is 0.193. The van der Waals surface area contributed by atoms with Gasteiger partial charge < -0.3 is 14.4 Å². The molecule has 3 aromatic carbocycles. The number of aliphatic hydroxyl groups excluding tert-OH is 1. The molecule has 0 aliphatic heterocycles. The average Bonchev–Trinajstić information content (AvgIpc) is 3.05. The Morgan fingerprint density at radius 2 is 1.64 bits per heavy atom. The summed E-state index contributed by atoms with van der Waals surface area (Å²) < 4.78 is 7.78. The summed E-state index contributed by atoms with van der Waals surface area (Å²) in [6.45, 7) is 0.606. The maximum Gasteiger partial charge on any atom is 0.119 e. The van der Waals surface area contributed by atoms with Crippen LogP contribution in [-0.4, -0.2) is 27.4 Å². The van der Waals surface area contributed by atoms with Crippen molar-refractivity contribution >= 4 is 22.6 Å². The molecule has 0 bridgehead atoms. The molecule has 0 radical (unpaired) electrons. The van der Waals surface area contributed by atoms with Gasteiger partial charge in [0.15, 0.2) is 0 Å². The van der Waals surface area contributed by atoms with Gasteiger partial charge in [0.1, 0.15) is 24.3 Å². The average molecular weight is 393 g/mol. The lowest BCUT2D eigenvalue weighted by atomic mass is 10.1. The number of rotatable bonds is 7. The first-order chi connectivity index (χ1) is 13.7. The number of ether oxygens (including phenoxy) is 1. The Kier molecular flexibility index (Phi) is 5.60. The fraction of sp³-hybridized carbons (Fsp3) is 0.174. The van der Waals surface area contributed by atoms with Crippen molar-refractivity contribution in [1.82, 2.24) is 9.55 Å². The number of halogens is 1. The molecule has 4 nitrogen and oxygen atoms in total. The van der Waals surface area contributed by atoms with Gasteiger partial charge in [-0.2, -0.15) is 0 Å². The molecule has 1 aromatic heterocycles. The second-order valence-electron chi connectivity index (χ2n) is 6.71. The van der Waals surface area contributed by atoms with Crippen LogP contribution in [0, 0.1) is 0 Å². The van der Waals surface area contributed by atoms with Gasteiger partial charge in [-0.05, 0) is 42.0 Å². The summed E-state index contributed by atoms with van der Waals surface area (Å²) in [5.74, 6) is 1.61. The number of para-hydroxylation sites is 2. The zero-order valence-corrected chi connectivity index (χ0v) is 16.1. The van der Waals surface area contributed by atoms with Crippen LogP contribution in [0.15, 0.2) is 78.9 Å². The van der Waals surface area contributed by atoms with Gasteiger partial charge in [-0.15, -0.1) is 0 Å². The minimum atomic E-state index is -0.664. The van der Waals surface area contributed by atoms with Crippen LogP contribution >= 0.6 is 11.6 Å². The summed E-state index contributed by atoms with van der Waals surface area (Å²) in [6.07, 6.45) is 0.0445. The Balaban J connectivity index is 1.52. The first kappa shape index (κ1) is 18.5. The molecule has 0 aliphatic rings. The number of hydrogen-bond donors (Lipinski definition) is 1. The van der Waals surface area contributed by atoms with E-state index in [-0.39, 0.29) is 6.61 Å². The molecular formula is C23H21ClN2O2. The van der Waals surface area contributed by atoms with Crippen molar-refractivity contribution in [2.24, 2.45) is 0 Å². The van der Waals surface area contributed by atoms with E-state index in [1.165, 1.54) is 5.56 Å². The molecule has 4 aromatic rings. The van der Waals surface area contributed by atoms with Gasteiger partial charge in [0, 0.05) is 11.4 Å². The highest BCUT2D eigenvalue weighted by Gasteiger charge is 2.15. The maximum atomic E-state index is 10.6. The van der Waals surface area contributed by atoms with Gasteiger partial charge in [-0.3, -0.25) is 0 Å². The largest absolute Gasteiger partial charge is 0.491 e. The summed E-state index contributed by atoms with van der Waals surface area (Å²) in [5, 5.41) is 11.2. The highest BCUT2D eigenvalue weighted by atomic mass is 35.5. The number of aromatic nitrogens is 2. The van der Waals surface area contributed by atoms with Crippen molar-refractivity contribution < 1.29 is 9.84 Å². The van der Waals surface area contributed by atoms with E-state index in [2.05, 4.69) is 16.7 Å². The molecule has 1 heterocycles. The van der Waals surface area contributed by atoms with Crippen LogP contribution in [0.2, 0.25) is 5.02 Å². The van der Waals surface area contributed by atoms with Crippen LogP contribution in [0.4, 0.5) is 0 Å². The Labute approximate surface area is 169 Å². The molecule has 28 heavy (non-hydrogen) atoms. The number of hydrogen-bond acceptors (Lipinski definition) is 3. The fourth-order valence-corrected chi connectivity index (χ4v) is 3.36. The molecular weight excluding hydrogens is 372 g/mol. The number of benzene rings is 3. The lowest BCUT2D eigenvalue weighted by Gasteiger charge is -2.16. The minimum Gasteiger partial charge on any atom is -0.491 e. The molecule has 1 N–H and O–H groups in total. The van der Waals surface area contributed by atoms with Crippen LogP contribution in [0.1, 0.15) is 11.4 Å². The van der Waals surface area contributed by atoms with Gasteiger partial charge in [-0.25, -0.2) is 4.98 Å². The molecule has 0 saturated carbocycles. The number of imidazole rings is 1. The standard InChI is InChI=1S/C23H21ClN2O2/c24-18-10-12-20(13-11-18)28-16-19(27)15-26-22-9-5-4-8-21(22)25-23(26)14-17-6-2-1-3-7-17/h1-13,19,27H,14-16H2. The van der Waals surface area contributed by atoms with Gasteiger partial charge in [0.05, 0.1) is 17.6 Å². The Bertz CT molecular complexity index is 1050. The second-order valence-corrected chi connectivity index (χ2v) is 7.14. The normalized spacial score (nSPS) is 12.2. The predicted molar refractivity (Wildman–Crippen MR) is 112 cm³/mol. The number of nitrogens with zero attached hydrogens (tertiary/aromatic N) is 2. The van der Waals surface area contributed by atoms with Crippen LogP contribution in [0.3, 0.4) is 0 Å². The molecule has 5 heteroatoms. The highest BCUT2D eigenvalue weighted by Crippen LogP contribution is 2.20. The van der Waals surface area contributed by atoms with E-state index >= 15 is 0 Å². The summed E-state index contributed by atoms with van der Waals surface area (Å²) in [5.41, 5.74) is 3.13. The van der Waals surface area contributed by atoms with E-state index < -0.39 is 6.10 Å². The summed E-state index contributed by atoms with van der Waals surface area (Å²) in [6, 6.07) is 25.3. The van der Waals surface area contributed by atoms with E-state index in [1.54, 1.807) is 24.3 Å². The molecule has 0 saturated heterocycles. The van der Waals surface area contributed by atoms with Crippen molar-refractivity contribution in [3.8, 4) is 5.75 Å². The second kappa shape index (κ2) is 8.46. The van der Waals surface area contributed by atoms with Crippen molar-refractivity contribution in [1.29, 1.82) is 0 Å². The smallest absolute Gasteiger partial charge is 0.119 e. The summed E-state index contributed by atoms with van der Waals surface area (Å²) in [4.78, 5) is 4.79. The van der Waals surface area contributed by atoms with Crippen molar-refractivity contribution in [3.63, 3.8) is 0 Å². The van der Waals surface area contributed by atoms with Crippen LogP contribution in [-0.2, 0) is 13.0 Å². The molecule has 0 spiro atoms. The molecule has 142 valence electrons. The quantitative estimate of drug-likeness (QED) is 0.495. The molecule has 0 fully saturated rings. The van der Waals surface area contributed by atoms with Crippen molar-refractivity contribution in [2.45, 2.75) is 19.1 Å².